The van der Waals surface area contributed by atoms with Crippen LogP contribution in [0, 0.1) is 5.92 Å². The van der Waals surface area contributed by atoms with Crippen molar-refractivity contribution in [2.75, 3.05) is 31.5 Å². The third-order valence-electron chi connectivity index (χ3n) is 5.41. The second-order valence-corrected chi connectivity index (χ2v) is 9.43. The fourth-order valence-electron chi connectivity index (χ4n) is 3.54. The van der Waals surface area contributed by atoms with E-state index in [9.17, 15) is 18.0 Å². The zero-order chi connectivity index (χ0) is 23.3. The number of amides is 1. The van der Waals surface area contributed by atoms with Crippen molar-refractivity contribution in [3.8, 4) is 5.75 Å². The molecule has 1 heterocycles. The molecular weight excluding hydrogens is 432 g/mol. The van der Waals surface area contributed by atoms with Crippen LogP contribution in [0.4, 0.5) is 5.69 Å². The molecule has 2 aromatic rings. The molecule has 1 saturated heterocycles. The minimum absolute atomic E-state index is 0.0754. The predicted octanol–water partition coefficient (Wildman–Crippen LogP) is 3.54. The molecule has 2 aromatic carbocycles. The Morgan fingerprint density at radius 3 is 2.50 bits per heavy atom. The van der Waals surface area contributed by atoms with Crippen LogP contribution in [-0.2, 0) is 14.8 Å². The zero-order valence-electron chi connectivity index (χ0n) is 18.5. The molecule has 0 saturated carbocycles. The van der Waals surface area contributed by atoms with Gasteiger partial charge >= 0.3 is 5.97 Å². The van der Waals surface area contributed by atoms with Gasteiger partial charge in [-0.1, -0.05) is 13.0 Å². The number of ether oxygens (including phenoxy) is 2. The number of methoxy groups -OCH3 is 1. The summed E-state index contributed by atoms with van der Waals surface area (Å²) in [4.78, 5) is 26.7. The first-order chi connectivity index (χ1) is 15.2. The lowest BCUT2D eigenvalue weighted by Gasteiger charge is -2.30. The Balaban J connectivity index is 1.87. The van der Waals surface area contributed by atoms with Crippen LogP contribution in [0.3, 0.4) is 0 Å². The van der Waals surface area contributed by atoms with Gasteiger partial charge in [-0.15, -0.1) is 0 Å². The Kier molecular flexibility index (Phi) is 7.40. The van der Waals surface area contributed by atoms with Gasteiger partial charge in [0.15, 0.2) is 0 Å². The molecule has 0 atom stereocenters. The number of piperidine rings is 1. The molecule has 0 spiro atoms. The van der Waals surface area contributed by atoms with Crippen molar-refractivity contribution in [1.29, 1.82) is 0 Å². The molecule has 1 fully saturated rings. The molecule has 0 aromatic heterocycles. The number of hydrogen-bond acceptors (Lipinski definition) is 6. The molecule has 9 heteroatoms. The highest BCUT2D eigenvalue weighted by Crippen LogP contribution is 2.27. The smallest absolute Gasteiger partial charge is 0.338 e. The number of anilines is 1. The molecule has 1 aliphatic heterocycles. The SMILES string of the molecule is CCOC(=O)c1cccc(NS(=O)(=O)c2ccc(OC)c(C(=O)N3CCC(C)CC3)c2)c1. The highest BCUT2D eigenvalue weighted by Gasteiger charge is 2.26. The molecule has 172 valence electrons. The molecule has 0 bridgehead atoms. The van der Waals surface area contributed by atoms with Crippen LogP contribution >= 0.6 is 0 Å². The van der Waals surface area contributed by atoms with Gasteiger partial charge < -0.3 is 14.4 Å². The van der Waals surface area contributed by atoms with Gasteiger partial charge in [0.1, 0.15) is 5.75 Å². The summed E-state index contributed by atoms with van der Waals surface area (Å²) in [6, 6.07) is 10.2. The summed E-state index contributed by atoms with van der Waals surface area (Å²) in [5.74, 6) is 0.0796. The number of nitrogens with zero attached hydrogens (tertiary/aromatic N) is 1. The first-order valence-corrected chi connectivity index (χ1v) is 12.0. The third kappa shape index (κ3) is 5.40. The van der Waals surface area contributed by atoms with E-state index in [-0.39, 0.29) is 34.2 Å². The molecular formula is C23H28N2O6S. The van der Waals surface area contributed by atoms with Crippen molar-refractivity contribution in [1.82, 2.24) is 4.90 Å². The van der Waals surface area contributed by atoms with Crippen molar-refractivity contribution < 1.29 is 27.5 Å². The summed E-state index contributed by atoms with van der Waals surface area (Å²) in [5, 5.41) is 0. The van der Waals surface area contributed by atoms with Crippen LogP contribution < -0.4 is 9.46 Å². The zero-order valence-corrected chi connectivity index (χ0v) is 19.3. The monoisotopic (exact) mass is 460 g/mol. The summed E-state index contributed by atoms with van der Waals surface area (Å²) < 4.78 is 38.8. The highest BCUT2D eigenvalue weighted by molar-refractivity contribution is 7.92. The van der Waals surface area contributed by atoms with Crippen molar-refractivity contribution in [2.24, 2.45) is 5.92 Å². The Hall–Kier alpha value is -3.07. The molecule has 1 aliphatic rings. The fourth-order valence-corrected chi connectivity index (χ4v) is 4.62. The Morgan fingerprint density at radius 1 is 1.12 bits per heavy atom. The maximum absolute atomic E-state index is 13.1. The van der Waals surface area contributed by atoms with Crippen molar-refractivity contribution in [3.63, 3.8) is 0 Å². The number of rotatable bonds is 7. The summed E-state index contributed by atoms with van der Waals surface area (Å²) in [5.41, 5.74) is 0.645. The van der Waals surface area contributed by atoms with Gasteiger partial charge in [0.2, 0.25) is 0 Å². The van der Waals surface area contributed by atoms with E-state index in [1.54, 1.807) is 24.0 Å². The Labute approximate surface area is 188 Å². The number of benzene rings is 2. The number of sulfonamides is 1. The van der Waals surface area contributed by atoms with Crippen LogP contribution in [0.2, 0.25) is 0 Å². The molecule has 3 rings (SSSR count). The summed E-state index contributed by atoms with van der Waals surface area (Å²) >= 11 is 0. The van der Waals surface area contributed by atoms with Crippen molar-refractivity contribution in [2.45, 2.75) is 31.6 Å². The van der Waals surface area contributed by atoms with Crippen molar-refractivity contribution >= 4 is 27.6 Å². The Morgan fingerprint density at radius 2 is 1.84 bits per heavy atom. The average molecular weight is 461 g/mol. The van der Waals surface area contributed by atoms with Gasteiger partial charge in [0, 0.05) is 18.8 Å². The first kappa shape index (κ1) is 23.6. The van der Waals surface area contributed by atoms with E-state index in [1.807, 2.05) is 0 Å². The number of carbonyl (C=O) groups excluding carboxylic acids is 2. The lowest BCUT2D eigenvalue weighted by atomic mass is 9.98. The van der Waals surface area contributed by atoms with Crippen LogP contribution in [0.25, 0.3) is 0 Å². The van der Waals surface area contributed by atoms with Crippen molar-refractivity contribution in [3.05, 3.63) is 53.6 Å². The molecule has 0 aliphatic carbocycles. The standard InChI is InChI=1S/C23H28N2O6S/c1-4-31-23(27)17-6-5-7-18(14-17)24-32(28,29)19-8-9-21(30-3)20(15-19)22(26)25-12-10-16(2)11-13-25/h5-9,14-16,24H,4,10-13H2,1-3H3. The third-order valence-corrected chi connectivity index (χ3v) is 6.79. The average Bonchev–Trinajstić information content (AvgIpc) is 2.78. The van der Waals surface area contributed by atoms with Crippen LogP contribution in [0.1, 0.15) is 47.4 Å². The second kappa shape index (κ2) is 10.0. The van der Waals surface area contributed by atoms with Crippen LogP contribution in [0.15, 0.2) is 47.4 Å². The number of likely N-dealkylation sites (tertiary alicyclic amines) is 1. The lowest BCUT2D eigenvalue weighted by Crippen LogP contribution is -2.38. The maximum atomic E-state index is 13.1. The largest absolute Gasteiger partial charge is 0.496 e. The number of esters is 1. The highest BCUT2D eigenvalue weighted by atomic mass is 32.2. The predicted molar refractivity (Wildman–Crippen MR) is 121 cm³/mol. The molecule has 8 nitrogen and oxygen atoms in total. The van der Waals surface area contributed by atoms with E-state index >= 15 is 0 Å². The van der Waals surface area contributed by atoms with Crippen LogP contribution in [0.5, 0.6) is 5.75 Å². The molecule has 0 unspecified atom stereocenters. The number of nitrogens with one attached hydrogen (secondary N) is 1. The fraction of sp³-hybridized carbons (Fsp3) is 0.391. The van der Waals surface area contributed by atoms with E-state index in [1.165, 1.54) is 37.4 Å². The normalized spacial score (nSPS) is 14.7. The van der Waals surface area contributed by atoms with E-state index in [0.717, 1.165) is 12.8 Å². The first-order valence-electron chi connectivity index (χ1n) is 10.5. The van der Waals surface area contributed by atoms with E-state index in [0.29, 0.717) is 24.8 Å². The van der Waals surface area contributed by atoms with E-state index in [4.69, 9.17) is 9.47 Å². The van der Waals surface area contributed by atoms with Gasteiger partial charge in [-0.2, -0.15) is 0 Å². The number of carbonyl (C=O) groups is 2. The minimum atomic E-state index is -4.02. The maximum Gasteiger partial charge on any atom is 0.338 e. The summed E-state index contributed by atoms with van der Waals surface area (Å²) in [6.07, 6.45) is 1.81. The second-order valence-electron chi connectivity index (χ2n) is 7.74. The topological polar surface area (TPSA) is 102 Å². The molecule has 0 radical (unpaired) electrons. The number of hydrogen-bond donors (Lipinski definition) is 1. The molecule has 32 heavy (non-hydrogen) atoms. The van der Waals surface area contributed by atoms with Gasteiger partial charge in [0.25, 0.3) is 15.9 Å². The van der Waals surface area contributed by atoms with Gasteiger partial charge in [0.05, 0.1) is 29.7 Å². The summed E-state index contributed by atoms with van der Waals surface area (Å²) in [6.45, 7) is 5.31. The lowest BCUT2D eigenvalue weighted by molar-refractivity contribution is 0.0526. The van der Waals surface area contributed by atoms with Gasteiger partial charge in [-0.3, -0.25) is 9.52 Å². The van der Waals surface area contributed by atoms with Crippen LogP contribution in [-0.4, -0.2) is 52.0 Å². The minimum Gasteiger partial charge on any atom is -0.496 e. The molecule has 1 N–H and O–H groups in total. The van der Waals surface area contributed by atoms with E-state index < -0.39 is 16.0 Å². The summed E-state index contributed by atoms with van der Waals surface area (Å²) in [7, 11) is -2.57. The van der Waals surface area contributed by atoms with Gasteiger partial charge in [-0.25, -0.2) is 13.2 Å². The van der Waals surface area contributed by atoms with Gasteiger partial charge in [-0.05, 0) is 62.1 Å². The van der Waals surface area contributed by atoms with E-state index in [2.05, 4.69) is 11.6 Å². The quantitative estimate of drug-likeness (QED) is 0.634. The molecule has 1 amide bonds. The Bertz CT molecular complexity index is 1090.